The minimum Gasteiger partial charge on any atom is -0.357 e. The van der Waals surface area contributed by atoms with Gasteiger partial charge in [0, 0.05) is 45.7 Å². The maximum absolute atomic E-state index is 11.9. The number of halogens is 1. The van der Waals surface area contributed by atoms with Gasteiger partial charge in [0.1, 0.15) is 0 Å². The van der Waals surface area contributed by atoms with Crippen LogP contribution < -0.4 is 5.32 Å². The van der Waals surface area contributed by atoms with Crippen molar-refractivity contribution in [3.8, 4) is 0 Å². The largest absolute Gasteiger partial charge is 0.357 e. The predicted octanol–water partition coefficient (Wildman–Crippen LogP) is 2.46. The van der Waals surface area contributed by atoms with Gasteiger partial charge in [-0.05, 0) is 39.0 Å². The molecule has 22 heavy (non-hydrogen) atoms. The van der Waals surface area contributed by atoms with Crippen LogP contribution in [-0.4, -0.2) is 60.9 Å². The summed E-state index contributed by atoms with van der Waals surface area (Å²) in [4.78, 5) is 21.0. The number of amides is 1. The Labute approximate surface area is 151 Å². The smallest absolute Gasteiger partial charge is 0.222 e. The molecule has 0 aromatic heterocycles. The van der Waals surface area contributed by atoms with Crippen LogP contribution in [0.4, 0.5) is 0 Å². The van der Waals surface area contributed by atoms with Gasteiger partial charge in [-0.1, -0.05) is 6.42 Å². The quantitative estimate of drug-likeness (QED) is 0.321. The summed E-state index contributed by atoms with van der Waals surface area (Å²) in [5.41, 5.74) is 0. The molecular formula is C16H31IN4O. The lowest BCUT2D eigenvalue weighted by Crippen LogP contribution is -2.39. The normalized spacial score (nSPS) is 19.9. The summed E-state index contributed by atoms with van der Waals surface area (Å²) < 4.78 is 0. The number of hydrogen-bond donors (Lipinski definition) is 1. The summed E-state index contributed by atoms with van der Waals surface area (Å²) in [5.74, 6) is 1.39. The molecule has 6 heteroatoms. The maximum atomic E-state index is 11.9. The fraction of sp³-hybridized carbons (Fsp3) is 0.875. The molecule has 0 radical (unpaired) electrons. The van der Waals surface area contributed by atoms with Crippen molar-refractivity contribution in [2.75, 3.05) is 39.3 Å². The highest BCUT2D eigenvalue weighted by Gasteiger charge is 2.17. The molecule has 2 aliphatic rings. The first-order chi connectivity index (χ1) is 10.3. The van der Waals surface area contributed by atoms with Crippen LogP contribution >= 0.6 is 24.0 Å². The first-order valence-corrected chi connectivity index (χ1v) is 8.62. The molecule has 0 atom stereocenters. The second-order valence-corrected chi connectivity index (χ2v) is 5.97. The summed E-state index contributed by atoms with van der Waals surface area (Å²) in [6.07, 6.45) is 7.66. The van der Waals surface area contributed by atoms with Crippen LogP contribution in [0.1, 0.15) is 51.9 Å². The summed E-state index contributed by atoms with van der Waals surface area (Å²) >= 11 is 0. The lowest BCUT2D eigenvalue weighted by molar-refractivity contribution is -0.130. The predicted molar refractivity (Wildman–Crippen MR) is 102 cm³/mol. The fourth-order valence-electron chi connectivity index (χ4n) is 3.08. The lowest BCUT2D eigenvalue weighted by atomic mass is 10.2. The average molecular weight is 422 g/mol. The number of nitrogens with zero attached hydrogens (tertiary/aromatic N) is 3. The molecule has 2 heterocycles. The van der Waals surface area contributed by atoms with Crippen LogP contribution in [-0.2, 0) is 4.79 Å². The van der Waals surface area contributed by atoms with Crippen molar-refractivity contribution in [3.05, 3.63) is 0 Å². The Balaban J connectivity index is 0.00000242. The second-order valence-electron chi connectivity index (χ2n) is 5.97. The molecule has 2 aliphatic heterocycles. The monoisotopic (exact) mass is 422 g/mol. The number of guanidine groups is 1. The Bertz CT molecular complexity index is 356. The van der Waals surface area contributed by atoms with Crippen LogP contribution in [0.5, 0.6) is 0 Å². The van der Waals surface area contributed by atoms with Crippen molar-refractivity contribution in [1.82, 2.24) is 15.1 Å². The van der Waals surface area contributed by atoms with E-state index in [9.17, 15) is 4.79 Å². The zero-order valence-electron chi connectivity index (χ0n) is 13.9. The van der Waals surface area contributed by atoms with E-state index in [-0.39, 0.29) is 24.0 Å². The van der Waals surface area contributed by atoms with Crippen molar-refractivity contribution < 1.29 is 4.79 Å². The minimum atomic E-state index is 0. The first-order valence-electron chi connectivity index (χ1n) is 8.62. The van der Waals surface area contributed by atoms with Crippen molar-refractivity contribution in [3.63, 3.8) is 0 Å². The third-order valence-electron chi connectivity index (χ3n) is 4.26. The zero-order chi connectivity index (χ0) is 14.9. The molecule has 2 rings (SSSR count). The van der Waals surface area contributed by atoms with Gasteiger partial charge in [0.25, 0.3) is 0 Å². The first kappa shape index (κ1) is 19.5. The van der Waals surface area contributed by atoms with Gasteiger partial charge in [0.05, 0.1) is 0 Å². The van der Waals surface area contributed by atoms with Gasteiger partial charge in [0.2, 0.25) is 5.91 Å². The second kappa shape index (κ2) is 11.1. The van der Waals surface area contributed by atoms with Gasteiger partial charge in [-0.2, -0.15) is 0 Å². The van der Waals surface area contributed by atoms with E-state index in [1.165, 1.54) is 19.3 Å². The van der Waals surface area contributed by atoms with Gasteiger partial charge >= 0.3 is 0 Å². The molecule has 128 valence electrons. The van der Waals surface area contributed by atoms with E-state index in [1.807, 2.05) is 4.90 Å². The Morgan fingerprint density at radius 3 is 2.59 bits per heavy atom. The third-order valence-corrected chi connectivity index (χ3v) is 4.26. The fourth-order valence-corrected chi connectivity index (χ4v) is 3.08. The van der Waals surface area contributed by atoms with Gasteiger partial charge in [0.15, 0.2) is 5.96 Å². The van der Waals surface area contributed by atoms with Crippen LogP contribution in [0, 0.1) is 0 Å². The third kappa shape index (κ3) is 6.30. The van der Waals surface area contributed by atoms with Crippen LogP contribution in [0.2, 0.25) is 0 Å². The van der Waals surface area contributed by atoms with Gasteiger partial charge in [-0.3, -0.25) is 9.79 Å². The van der Waals surface area contributed by atoms with Crippen molar-refractivity contribution >= 4 is 35.8 Å². The van der Waals surface area contributed by atoms with Crippen molar-refractivity contribution in [2.24, 2.45) is 4.99 Å². The maximum Gasteiger partial charge on any atom is 0.222 e. The number of nitrogens with one attached hydrogen (secondary N) is 1. The van der Waals surface area contributed by atoms with Crippen molar-refractivity contribution in [2.45, 2.75) is 51.9 Å². The number of carbonyl (C=O) groups excluding carboxylic acids is 1. The molecule has 0 spiro atoms. The molecule has 0 aromatic carbocycles. The minimum absolute atomic E-state index is 0. The van der Waals surface area contributed by atoms with E-state index in [2.05, 4.69) is 17.1 Å². The van der Waals surface area contributed by atoms with E-state index >= 15 is 0 Å². The molecule has 1 amide bonds. The Hall–Kier alpha value is -0.530. The molecule has 0 saturated carbocycles. The number of rotatable bonds is 5. The number of hydrogen-bond acceptors (Lipinski definition) is 2. The Kier molecular flexibility index (Phi) is 9.82. The van der Waals surface area contributed by atoms with E-state index in [0.29, 0.717) is 5.91 Å². The summed E-state index contributed by atoms with van der Waals surface area (Å²) in [5, 5.41) is 3.38. The molecular weight excluding hydrogens is 391 g/mol. The van der Waals surface area contributed by atoms with Gasteiger partial charge in [-0.15, -0.1) is 24.0 Å². The summed E-state index contributed by atoms with van der Waals surface area (Å²) in [6, 6.07) is 0. The topological polar surface area (TPSA) is 47.9 Å². The average Bonchev–Trinajstić information content (AvgIpc) is 2.94. The molecule has 0 aromatic rings. The molecule has 0 aliphatic carbocycles. The Morgan fingerprint density at radius 1 is 1.14 bits per heavy atom. The number of aliphatic imine (C=N–C) groups is 1. The highest BCUT2D eigenvalue weighted by Crippen LogP contribution is 2.11. The van der Waals surface area contributed by atoms with E-state index in [0.717, 1.165) is 70.9 Å². The molecule has 0 unspecified atom stereocenters. The number of carbonyl (C=O) groups is 1. The SMILES string of the molecule is CCNC(=NCCCN1CCCCCC1=O)N1CCCC1.I. The summed E-state index contributed by atoms with van der Waals surface area (Å²) in [7, 11) is 0. The van der Waals surface area contributed by atoms with E-state index < -0.39 is 0 Å². The van der Waals surface area contributed by atoms with E-state index in [4.69, 9.17) is 4.99 Å². The molecule has 1 N–H and O–H groups in total. The highest BCUT2D eigenvalue weighted by molar-refractivity contribution is 14.0. The summed E-state index contributed by atoms with van der Waals surface area (Å²) in [6.45, 7) is 7.88. The molecule has 2 fully saturated rings. The molecule has 5 nitrogen and oxygen atoms in total. The van der Waals surface area contributed by atoms with Crippen LogP contribution in [0.3, 0.4) is 0 Å². The Morgan fingerprint density at radius 2 is 1.86 bits per heavy atom. The van der Waals surface area contributed by atoms with Crippen molar-refractivity contribution in [1.29, 1.82) is 0 Å². The van der Waals surface area contributed by atoms with Crippen LogP contribution in [0.15, 0.2) is 4.99 Å². The molecule has 2 saturated heterocycles. The van der Waals surface area contributed by atoms with Gasteiger partial charge in [-0.25, -0.2) is 0 Å². The number of likely N-dealkylation sites (tertiary alicyclic amines) is 2. The van der Waals surface area contributed by atoms with E-state index in [1.54, 1.807) is 0 Å². The standard InChI is InChI=1S/C16H30N4O.HI/c1-2-17-16(20-12-6-7-13-20)18-10-8-14-19-11-5-3-4-9-15(19)21;/h2-14H2,1H3,(H,17,18);1H. The van der Waals surface area contributed by atoms with Gasteiger partial charge < -0.3 is 15.1 Å². The van der Waals surface area contributed by atoms with Crippen LogP contribution in [0.25, 0.3) is 0 Å². The lowest BCUT2D eigenvalue weighted by Gasteiger charge is -2.22. The highest BCUT2D eigenvalue weighted by atomic mass is 127. The zero-order valence-corrected chi connectivity index (χ0v) is 16.2. The molecule has 0 bridgehead atoms.